The summed E-state index contributed by atoms with van der Waals surface area (Å²) in [5.74, 6) is 0.306. The predicted octanol–water partition coefficient (Wildman–Crippen LogP) is 1.23. The van der Waals surface area contributed by atoms with E-state index in [0.717, 1.165) is 5.56 Å². The van der Waals surface area contributed by atoms with E-state index >= 15 is 0 Å². The number of methoxy groups -OCH3 is 1. The van der Waals surface area contributed by atoms with Crippen molar-refractivity contribution in [3.05, 3.63) is 23.5 Å². The van der Waals surface area contributed by atoms with Crippen LogP contribution in [0.4, 0.5) is 4.39 Å². The molecule has 0 aromatic heterocycles. The molecular weight excluding hydrogens is 173 g/mol. The maximum atomic E-state index is 13.1. The summed E-state index contributed by atoms with van der Waals surface area (Å²) in [6, 6.07) is 2.72. The van der Waals surface area contributed by atoms with E-state index in [1.807, 2.05) is 0 Å². The molecule has 0 fully saturated rings. The number of hydrogen-bond acceptors (Lipinski definition) is 3. The third kappa shape index (κ3) is 1.23. The van der Waals surface area contributed by atoms with Crippen molar-refractivity contribution in [1.29, 1.82) is 0 Å². The van der Waals surface area contributed by atoms with Gasteiger partial charge < -0.3 is 15.2 Å². The van der Waals surface area contributed by atoms with Gasteiger partial charge in [0.2, 0.25) is 0 Å². The SMILES string of the molecule is COc1cc2c(cc1F)OCC2N. The topological polar surface area (TPSA) is 44.5 Å². The van der Waals surface area contributed by atoms with E-state index in [9.17, 15) is 4.39 Å². The fourth-order valence-electron chi connectivity index (χ4n) is 1.39. The molecule has 0 amide bonds. The third-order valence-corrected chi connectivity index (χ3v) is 2.10. The Bertz CT molecular complexity index is 341. The summed E-state index contributed by atoms with van der Waals surface area (Å²) >= 11 is 0. The zero-order valence-corrected chi connectivity index (χ0v) is 7.21. The summed E-state index contributed by atoms with van der Waals surface area (Å²) in [5.41, 5.74) is 6.52. The fourth-order valence-corrected chi connectivity index (χ4v) is 1.39. The molecule has 0 saturated heterocycles. The Balaban J connectivity index is 2.51. The zero-order chi connectivity index (χ0) is 9.42. The lowest BCUT2D eigenvalue weighted by Gasteiger charge is -2.05. The van der Waals surface area contributed by atoms with Crippen LogP contribution in [-0.4, -0.2) is 13.7 Å². The molecule has 1 atom stereocenters. The molecule has 1 aliphatic rings. The van der Waals surface area contributed by atoms with Crippen molar-refractivity contribution in [2.24, 2.45) is 5.73 Å². The molecule has 2 rings (SSSR count). The molecule has 0 aliphatic carbocycles. The van der Waals surface area contributed by atoms with Crippen LogP contribution in [0.25, 0.3) is 0 Å². The Morgan fingerprint density at radius 2 is 2.38 bits per heavy atom. The van der Waals surface area contributed by atoms with Gasteiger partial charge in [-0.3, -0.25) is 0 Å². The molecule has 0 saturated carbocycles. The number of rotatable bonds is 1. The zero-order valence-electron chi connectivity index (χ0n) is 7.21. The summed E-state index contributed by atoms with van der Waals surface area (Å²) in [4.78, 5) is 0. The van der Waals surface area contributed by atoms with Crippen LogP contribution in [0, 0.1) is 5.82 Å². The molecule has 2 N–H and O–H groups in total. The standard InChI is InChI=1S/C9H10FNO2/c1-12-9-2-5-7(11)4-13-8(5)3-6(9)10/h2-3,7H,4,11H2,1H3. The minimum absolute atomic E-state index is 0.176. The van der Waals surface area contributed by atoms with Gasteiger partial charge in [-0.25, -0.2) is 4.39 Å². The molecular formula is C9H10FNO2. The molecule has 3 nitrogen and oxygen atoms in total. The van der Waals surface area contributed by atoms with E-state index in [1.165, 1.54) is 13.2 Å². The lowest BCUT2D eigenvalue weighted by Crippen LogP contribution is -2.10. The number of nitrogens with two attached hydrogens (primary N) is 1. The van der Waals surface area contributed by atoms with E-state index in [1.54, 1.807) is 6.07 Å². The van der Waals surface area contributed by atoms with Crippen molar-refractivity contribution in [3.63, 3.8) is 0 Å². The molecule has 1 aromatic carbocycles. The van der Waals surface area contributed by atoms with Gasteiger partial charge in [0.15, 0.2) is 11.6 Å². The first-order valence-electron chi connectivity index (χ1n) is 3.98. The van der Waals surface area contributed by atoms with Gasteiger partial charge in [-0.1, -0.05) is 0 Å². The highest BCUT2D eigenvalue weighted by Crippen LogP contribution is 2.35. The Kier molecular flexibility index (Phi) is 1.84. The molecule has 1 heterocycles. The lowest BCUT2D eigenvalue weighted by molar-refractivity contribution is 0.331. The van der Waals surface area contributed by atoms with Crippen molar-refractivity contribution < 1.29 is 13.9 Å². The van der Waals surface area contributed by atoms with Gasteiger partial charge in [0, 0.05) is 11.6 Å². The maximum Gasteiger partial charge on any atom is 0.168 e. The third-order valence-electron chi connectivity index (χ3n) is 2.10. The van der Waals surface area contributed by atoms with Gasteiger partial charge in [-0.2, -0.15) is 0 Å². The van der Waals surface area contributed by atoms with Gasteiger partial charge in [-0.05, 0) is 6.07 Å². The van der Waals surface area contributed by atoms with Gasteiger partial charge in [-0.15, -0.1) is 0 Å². The number of ether oxygens (including phenoxy) is 2. The molecule has 1 unspecified atom stereocenters. The van der Waals surface area contributed by atoms with Crippen LogP contribution in [-0.2, 0) is 0 Å². The largest absolute Gasteiger partial charge is 0.494 e. The van der Waals surface area contributed by atoms with E-state index in [4.69, 9.17) is 15.2 Å². The summed E-state index contributed by atoms with van der Waals surface area (Å²) in [6.45, 7) is 0.405. The highest BCUT2D eigenvalue weighted by molar-refractivity contribution is 5.45. The minimum Gasteiger partial charge on any atom is -0.494 e. The average molecular weight is 183 g/mol. The molecule has 13 heavy (non-hydrogen) atoms. The molecule has 0 radical (unpaired) electrons. The van der Waals surface area contributed by atoms with Crippen LogP contribution in [0.3, 0.4) is 0 Å². The van der Waals surface area contributed by atoms with E-state index in [0.29, 0.717) is 12.4 Å². The van der Waals surface area contributed by atoms with Crippen LogP contribution in [0.15, 0.2) is 12.1 Å². The molecule has 0 spiro atoms. The molecule has 4 heteroatoms. The quantitative estimate of drug-likeness (QED) is 0.712. The smallest absolute Gasteiger partial charge is 0.168 e. The summed E-state index contributed by atoms with van der Waals surface area (Å²) < 4.78 is 23.1. The van der Waals surface area contributed by atoms with Crippen LogP contribution in [0.1, 0.15) is 11.6 Å². The van der Waals surface area contributed by atoms with E-state index < -0.39 is 5.82 Å². The number of hydrogen-bond donors (Lipinski definition) is 1. The number of halogens is 1. The van der Waals surface area contributed by atoms with Gasteiger partial charge in [0.05, 0.1) is 13.2 Å². The Morgan fingerprint density at radius 3 is 3.08 bits per heavy atom. The second-order valence-electron chi connectivity index (χ2n) is 2.94. The summed E-state index contributed by atoms with van der Waals surface area (Å²) in [5, 5.41) is 0. The van der Waals surface area contributed by atoms with Crippen molar-refractivity contribution in [2.45, 2.75) is 6.04 Å². The van der Waals surface area contributed by atoms with Gasteiger partial charge >= 0.3 is 0 Å². The van der Waals surface area contributed by atoms with Crippen molar-refractivity contribution in [2.75, 3.05) is 13.7 Å². The molecule has 1 aromatic rings. The Hall–Kier alpha value is -1.29. The summed E-state index contributed by atoms with van der Waals surface area (Å²) in [6.07, 6.45) is 0. The van der Waals surface area contributed by atoms with Crippen LogP contribution < -0.4 is 15.2 Å². The number of fused-ring (bicyclic) bond motifs is 1. The lowest BCUT2D eigenvalue weighted by atomic mass is 10.1. The van der Waals surface area contributed by atoms with Crippen molar-refractivity contribution in [1.82, 2.24) is 0 Å². The van der Waals surface area contributed by atoms with Crippen LogP contribution >= 0.6 is 0 Å². The first-order valence-corrected chi connectivity index (χ1v) is 3.98. The Morgan fingerprint density at radius 1 is 1.62 bits per heavy atom. The van der Waals surface area contributed by atoms with Crippen LogP contribution in [0.5, 0.6) is 11.5 Å². The second-order valence-corrected chi connectivity index (χ2v) is 2.94. The predicted molar refractivity (Wildman–Crippen MR) is 45.4 cm³/mol. The highest BCUT2D eigenvalue weighted by Gasteiger charge is 2.23. The average Bonchev–Trinajstić information content (AvgIpc) is 2.46. The van der Waals surface area contributed by atoms with Gasteiger partial charge in [0.1, 0.15) is 12.4 Å². The highest BCUT2D eigenvalue weighted by atomic mass is 19.1. The molecule has 0 bridgehead atoms. The molecule has 70 valence electrons. The monoisotopic (exact) mass is 183 g/mol. The first kappa shape index (κ1) is 8.31. The fraction of sp³-hybridized carbons (Fsp3) is 0.333. The number of benzene rings is 1. The normalized spacial score (nSPS) is 19.5. The Labute approximate surface area is 75.3 Å². The summed E-state index contributed by atoms with van der Waals surface area (Å²) in [7, 11) is 1.42. The van der Waals surface area contributed by atoms with E-state index in [2.05, 4.69) is 0 Å². The van der Waals surface area contributed by atoms with Crippen molar-refractivity contribution >= 4 is 0 Å². The first-order chi connectivity index (χ1) is 6.22. The molecule has 1 aliphatic heterocycles. The maximum absolute atomic E-state index is 13.1. The van der Waals surface area contributed by atoms with Gasteiger partial charge in [0.25, 0.3) is 0 Å². The van der Waals surface area contributed by atoms with Crippen molar-refractivity contribution in [3.8, 4) is 11.5 Å². The van der Waals surface area contributed by atoms with E-state index in [-0.39, 0.29) is 11.8 Å². The second kappa shape index (κ2) is 2.88. The minimum atomic E-state index is -0.421. The van der Waals surface area contributed by atoms with Crippen LogP contribution in [0.2, 0.25) is 0 Å².